The summed E-state index contributed by atoms with van der Waals surface area (Å²) in [5.41, 5.74) is 1.71. The van der Waals surface area contributed by atoms with Crippen molar-refractivity contribution in [3.05, 3.63) is 22.8 Å². The molecule has 0 saturated heterocycles. The zero-order valence-electron chi connectivity index (χ0n) is 10.9. The number of hydrogen-bond acceptors (Lipinski definition) is 5. The summed E-state index contributed by atoms with van der Waals surface area (Å²) < 4.78 is 39.2. The van der Waals surface area contributed by atoms with Gasteiger partial charge in [0.15, 0.2) is 0 Å². The highest BCUT2D eigenvalue weighted by Gasteiger charge is 2.23. The van der Waals surface area contributed by atoms with Gasteiger partial charge in [-0.3, -0.25) is 4.79 Å². The maximum absolute atomic E-state index is 11.3. The number of esters is 1. The third-order valence-corrected chi connectivity index (χ3v) is 4.16. The number of hydrogen-bond donors (Lipinski definition) is 0. The van der Waals surface area contributed by atoms with Gasteiger partial charge in [0.1, 0.15) is 15.9 Å². The van der Waals surface area contributed by atoms with E-state index in [-0.39, 0.29) is 4.90 Å². The van der Waals surface area contributed by atoms with E-state index in [2.05, 4.69) is 0 Å². The SMILES string of the molecule is CC(=O)Oc1c(C)cc(S(=O)(=O)[O-])c2c1CCCC2. The van der Waals surface area contributed by atoms with E-state index in [1.807, 2.05) is 0 Å². The van der Waals surface area contributed by atoms with Crippen LogP contribution in [-0.4, -0.2) is 18.9 Å². The first kappa shape index (κ1) is 14.0. The van der Waals surface area contributed by atoms with Crippen LogP contribution < -0.4 is 4.74 Å². The van der Waals surface area contributed by atoms with Crippen molar-refractivity contribution in [3.8, 4) is 5.75 Å². The Morgan fingerprint density at radius 2 is 1.84 bits per heavy atom. The van der Waals surface area contributed by atoms with Crippen LogP contribution in [0.3, 0.4) is 0 Å². The largest absolute Gasteiger partial charge is 0.744 e. The molecule has 1 aliphatic carbocycles. The molecule has 5 nitrogen and oxygen atoms in total. The molecule has 0 heterocycles. The first-order valence-corrected chi connectivity index (χ1v) is 7.51. The lowest BCUT2D eigenvalue weighted by atomic mass is 9.89. The van der Waals surface area contributed by atoms with Gasteiger partial charge in [-0.2, -0.15) is 0 Å². The number of aryl methyl sites for hydroxylation is 1. The van der Waals surface area contributed by atoms with E-state index in [0.717, 1.165) is 12.8 Å². The smallest absolute Gasteiger partial charge is 0.308 e. The summed E-state index contributed by atoms with van der Waals surface area (Å²) >= 11 is 0. The molecule has 0 atom stereocenters. The normalized spacial score (nSPS) is 14.9. The van der Waals surface area contributed by atoms with Crippen molar-refractivity contribution < 1.29 is 22.5 Å². The minimum Gasteiger partial charge on any atom is -0.744 e. The fourth-order valence-electron chi connectivity index (χ4n) is 2.52. The molecule has 0 bridgehead atoms. The summed E-state index contributed by atoms with van der Waals surface area (Å²) in [6.45, 7) is 2.94. The molecule has 0 unspecified atom stereocenters. The van der Waals surface area contributed by atoms with E-state index in [4.69, 9.17) is 4.74 Å². The Bertz CT molecular complexity index is 631. The van der Waals surface area contributed by atoms with Gasteiger partial charge >= 0.3 is 5.97 Å². The van der Waals surface area contributed by atoms with Crippen LogP contribution >= 0.6 is 0 Å². The van der Waals surface area contributed by atoms with Crippen LogP contribution in [0.5, 0.6) is 5.75 Å². The summed E-state index contributed by atoms with van der Waals surface area (Å²) in [6, 6.07) is 1.31. The van der Waals surface area contributed by atoms with Crippen molar-refractivity contribution in [2.75, 3.05) is 0 Å². The molecule has 1 aromatic carbocycles. The van der Waals surface area contributed by atoms with Crippen LogP contribution in [0.2, 0.25) is 0 Å². The number of carbonyl (C=O) groups excluding carboxylic acids is 1. The van der Waals surface area contributed by atoms with Crippen molar-refractivity contribution in [1.82, 2.24) is 0 Å². The van der Waals surface area contributed by atoms with Crippen LogP contribution in [0.1, 0.15) is 36.5 Å². The minimum atomic E-state index is -4.50. The molecular weight excluding hydrogens is 268 g/mol. The lowest BCUT2D eigenvalue weighted by molar-refractivity contribution is -0.132. The number of rotatable bonds is 2. The maximum atomic E-state index is 11.3. The standard InChI is InChI=1S/C13H16O5S/c1-8-7-12(19(15,16)17)10-5-3-4-6-11(10)13(8)18-9(2)14/h7H,3-6H2,1-2H3,(H,15,16,17)/p-1. The summed E-state index contributed by atoms with van der Waals surface area (Å²) in [4.78, 5) is 11.0. The van der Waals surface area contributed by atoms with Gasteiger partial charge in [-0.25, -0.2) is 8.42 Å². The zero-order chi connectivity index (χ0) is 14.2. The fourth-order valence-corrected chi connectivity index (χ4v) is 3.37. The molecule has 1 aromatic rings. The Labute approximate surface area is 112 Å². The van der Waals surface area contributed by atoms with Crippen molar-refractivity contribution >= 4 is 16.1 Å². The first-order valence-electron chi connectivity index (χ1n) is 6.10. The van der Waals surface area contributed by atoms with Crippen LogP contribution in [0.25, 0.3) is 0 Å². The molecule has 0 spiro atoms. The summed E-state index contributed by atoms with van der Waals surface area (Å²) in [6.07, 6.45) is 2.88. The molecule has 0 radical (unpaired) electrons. The van der Waals surface area contributed by atoms with Crippen molar-refractivity contribution in [1.29, 1.82) is 0 Å². The quantitative estimate of drug-likeness (QED) is 0.468. The van der Waals surface area contributed by atoms with Crippen LogP contribution in [0, 0.1) is 6.92 Å². The second-order valence-electron chi connectivity index (χ2n) is 4.73. The Balaban J connectivity index is 2.70. The summed E-state index contributed by atoms with van der Waals surface area (Å²) in [7, 11) is -4.50. The molecule has 1 aliphatic rings. The van der Waals surface area contributed by atoms with Gasteiger partial charge in [-0.05, 0) is 55.4 Å². The minimum absolute atomic E-state index is 0.171. The van der Waals surface area contributed by atoms with Crippen molar-refractivity contribution in [2.24, 2.45) is 0 Å². The monoisotopic (exact) mass is 283 g/mol. The highest BCUT2D eigenvalue weighted by atomic mass is 32.2. The van der Waals surface area contributed by atoms with Crippen molar-refractivity contribution in [2.45, 2.75) is 44.4 Å². The number of benzene rings is 1. The van der Waals surface area contributed by atoms with Gasteiger partial charge in [-0.15, -0.1) is 0 Å². The average Bonchev–Trinajstić information content (AvgIpc) is 2.30. The summed E-state index contributed by atoms with van der Waals surface area (Å²) in [5, 5.41) is 0. The van der Waals surface area contributed by atoms with E-state index >= 15 is 0 Å². The van der Waals surface area contributed by atoms with Gasteiger partial charge in [-0.1, -0.05) is 0 Å². The van der Waals surface area contributed by atoms with Gasteiger partial charge < -0.3 is 9.29 Å². The van der Waals surface area contributed by atoms with Gasteiger partial charge in [0.2, 0.25) is 0 Å². The molecule has 104 valence electrons. The van der Waals surface area contributed by atoms with Crippen LogP contribution in [-0.2, 0) is 27.8 Å². The average molecular weight is 283 g/mol. The van der Waals surface area contributed by atoms with Crippen molar-refractivity contribution in [3.63, 3.8) is 0 Å². The second-order valence-corrected chi connectivity index (χ2v) is 6.08. The molecular formula is C13H15O5S-. The second kappa shape index (κ2) is 4.94. The Morgan fingerprint density at radius 1 is 1.26 bits per heavy atom. The van der Waals surface area contributed by atoms with E-state index in [1.165, 1.54) is 13.0 Å². The first-order chi connectivity index (χ1) is 8.80. The Hall–Kier alpha value is -1.40. The van der Waals surface area contributed by atoms with Gasteiger partial charge in [0, 0.05) is 6.92 Å². The molecule has 6 heteroatoms. The van der Waals surface area contributed by atoms with E-state index in [0.29, 0.717) is 35.3 Å². The zero-order valence-corrected chi connectivity index (χ0v) is 11.7. The van der Waals surface area contributed by atoms with E-state index in [9.17, 15) is 17.8 Å². The van der Waals surface area contributed by atoms with E-state index in [1.54, 1.807) is 6.92 Å². The lowest BCUT2D eigenvalue weighted by Crippen LogP contribution is -2.15. The van der Waals surface area contributed by atoms with Gasteiger partial charge in [0.05, 0.1) is 4.90 Å². The lowest BCUT2D eigenvalue weighted by Gasteiger charge is -2.24. The predicted octanol–water partition coefficient (Wildman–Crippen LogP) is 1.70. The third-order valence-electron chi connectivity index (χ3n) is 3.26. The van der Waals surface area contributed by atoms with Crippen LogP contribution in [0.15, 0.2) is 11.0 Å². The topological polar surface area (TPSA) is 83.5 Å². The maximum Gasteiger partial charge on any atom is 0.308 e. The molecule has 0 aromatic heterocycles. The Morgan fingerprint density at radius 3 is 2.37 bits per heavy atom. The number of carbonyl (C=O) groups is 1. The highest BCUT2D eigenvalue weighted by molar-refractivity contribution is 7.85. The fraction of sp³-hybridized carbons (Fsp3) is 0.462. The van der Waals surface area contributed by atoms with E-state index < -0.39 is 16.1 Å². The number of fused-ring (bicyclic) bond motifs is 1. The third kappa shape index (κ3) is 2.79. The molecule has 0 fully saturated rings. The molecule has 0 N–H and O–H groups in total. The molecule has 0 saturated carbocycles. The molecule has 0 aliphatic heterocycles. The predicted molar refractivity (Wildman–Crippen MR) is 67.1 cm³/mol. The summed E-state index contributed by atoms with van der Waals surface area (Å²) in [5.74, 6) is -0.0387. The molecule has 0 amide bonds. The molecule has 2 rings (SSSR count). The molecule has 19 heavy (non-hydrogen) atoms. The Kier molecular flexibility index (Phi) is 3.64. The van der Waals surface area contributed by atoms with Crippen LogP contribution in [0.4, 0.5) is 0 Å². The van der Waals surface area contributed by atoms with Gasteiger partial charge in [0.25, 0.3) is 0 Å². The number of ether oxygens (including phenoxy) is 1. The highest BCUT2D eigenvalue weighted by Crippen LogP contribution is 2.37.